The van der Waals surface area contributed by atoms with Crippen LogP contribution in [-0.2, 0) is 14.8 Å². The summed E-state index contributed by atoms with van der Waals surface area (Å²) in [6, 6.07) is 1.70. The summed E-state index contributed by atoms with van der Waals surface area (Å²) in [5.41, 5.74) is 0.988. The minimum Gasteiger partial charge on any atom is -0.481 e. The van der Waals surface area contributed by atoms with Crippen LogP contribution in [0, 0.1) is 25.7 Å². The van der Waals surface area contributed by atoms with Crippen LogP contribution in [0.3, 0.4) is 0 Å². The first-order chi connectivity index (χ1) is 9.79. The molecule has 1 aliphatic rings. The summed E-state index contributed by atoms with van der Waals surface area (Å²) in [6.45, 7) is 4.20. The van der Waals surface area contributed by atoms with Crippen molar-refractivity contribution < 1.29 is 18.3 Å². The van der Waals surface area contributed by atoms with Gasteiger partial charge in [-0.1, -0.05) is 0 Å². The van der Waals surface area contributed by atoms with Crippen molar-refractivity contribution in [1.82, 2.24) is 4.72 Å². The number of nitrogens with one attached hydrogen (secondary N) is 1. The zero-order chi connectivity index (χ0) is 15.6. The van der Waals surface area contributed by atoms with Crippen LogP contribution in [0.2, 0.25) is 0 Å². The molecule has 0 spiro atoms. The average molecular weight is 331 g/mol. The van der Waals surface area contributed by atoms with E-state index >= 15 is 0 Å². The second-order valence-corrected chi connectivity index (χ2v) is 8.96. The van der Waals surface area contributed by atoms with Crippen molar-refractivity contribution in [2.75, 3.05) is 6.54 Å². The second-order valence-electron chi connectivity index (χ2n) is 5.71. The maximum absolute atomic E-state index is 12.2. The molecule has 5 nitrogen and oxygen atoms in total. The number of hydrogen-bond acceptors (Lipinski definition) is 4. The van der Waals surface area contributed by atoms with E-state index in [-0.39, 0.29) is 11.8 Å². The molecule has 0 radical (unpaired) electrons. The van der Waals surface area contributed by atoms with Gasteiger partial charge in [0.15, 0.2) is 0 Å². The Morgan fingerprint density at radius 2 is 1.95 bits per heavy atom. The van der Waals surface area contributed by atoms with Gasteiger partial charge in [-0.25, -0.2) is 13.1 Å². The highest BCUT2D eigenvalue weighted by molar-refractivity contribution is 7.91. The molecule has 0 aliphatic heterocycles. The van der Waals surface area contributed by atoms with Crippen LogP contribution in [0.25, 0.3) is 0 Å². The third kappa shape index (κ3) is 4.05. The van der Waals surface area contributed by atoms with Crippen LogP contribution in [0.4, 0.5) is 0 Å². The lowest BCUT2D eigenvalue weighted by molar-refractivity contribution is -0.143. The summed E-state index contributed by atoms with van der Waals surface area (Å²) < 4.78 is 27.5. The lowest BCUT2D eigenvalue weighted by atomic mass is 9.82. The molecule has 1 heterocycles. The monoisotopic (exact) mass is 331 g/mol. The van der Waals surface area contributed by atoms with Crippen molar-refractivity contribution in [3.63, 3.8) is 0 Å². The van der Waals surface area contributed by atoms with Crippen LogP contribution in [0.1, 0.15) is 36.1 Å². The Balaban J connectivity index is 1.90. The van der Waals surface area contributed by atoms with Gasteiger partial charge < -0.3 is 5.11 Å². The zero-order valence-corrected chi connectivity index (χ0v) is 13.9. The fraction of sp³-hybridized carbons (Fsp3) is 0.643. The van der Waals surface area contributed by atoms with Gasteiger partial charge >= 0.3 is 5.97 Å². The third-order valence-electron chi connectivity index (χ3n) is 4.17. The Morgan fingerprint density at radius 3 is 2.43 bits per heavy atom. The standard InChI is InChI=1S/C14H21NO4S2/c1-9-7-13(20-10(9)2)21(18,19)15-8-11-3-5-12(6-4-11)14(16)17/h7,11-12,15H,3-6,8H2,1-2H3,(H,16,17). The molecule has 1 aliphatic carbocycles. The van der Waals surface area contributed by atoms with Crippen LogP contribution < -0.4 is 4.72 Å². The quantitative estimate of drug-likeness (QED) is 0.868. The van der Waals surface area contributed by atoms with Gasteiger partial charge in [-0.3, -0.25) is 4.79 Å². The summed E-state index contributed by atoms with van der Waals surface area (Å²) in [5.74, 6) is -0.767. The van der Waals surface area contributed by atoms with Crippen molar-refractivity contribution >= 4 is 27.3 Å². The number of carboxylic acid groups (broad SMARTS) is 1. The number of thiophene rings is 1. The van der Waals surface area contributed by atoms with Crippen LogP contribution in [0.15, 0.2) is 10.3 Å². The molecule has 1 saturated carbocycles. The highest BCUT2D eigenvalue weighted by Gasteiger charge is 2.27. The van der Waals surface area contributed by atoms with Crippen molar-refractivity contribution in [2.24, 2.45) is 11.8 Å². The van der Waals surface area contributed by atoms with Gasteiger partial charge in [0.2, 0.25) is 10.0 Å². The van der Waals surface area contributed by atoms with E-state index in [1.54, 1.807) is 6.07 Å². The SMILES string of the molecule is Cc1cc(S(=O)(=O)NCC2CCC(C(=O)O)CC2)sc1C. The molecule has 0 aromatic carbocycles. The Hall–Kier alpha value is -0.920. The number of sulfonamides is 1. The summed E-state index contributed by atoms with van der Waals surface area (Å²) in [6.07, 6.45) is 2.81. The molecule has 118 valence electrons. The molecule has 0 bridgehead atoms. The van der Waals surface area contributed by atoms with Crippen LogP contribution in [0.5, 0.6) is 0 Å². The molecule has 2 N–H and O–H groups in total. The molecule has 1 aromatic heterocycles. The van der Waals surface area contributed by atoms with Gasteiger partial charge in [0, 0.05) is 11.4 Å². The van der Waals surface area contributed by atoms with E-state index in [9.17, 15) is 13.2 Å². The van der Waals surface area contributed by atoms with E-state index in [0.29, 0.717) is 23.6 Å². The Labute approximate surface area is 129 Å². The van der Waals surface area contributed by atoms with Gasteiger partial charge in [0.05, 0.1) is 5.92 Å². The first-order valence-electron chi connectivity index (χ1n) is 7.09. The molecule has 0 unspecified atom stereocenters. The predicted molar refractivity (Wildman–Crippen MR) is 82.1 cm³/mol. The van der Waals surface area contributed by atoms with Crippen molar-refractivity contribution in [3.8, 4) is 0 Å². The first kappa shape index (κ1) is 16.5. The van der Waals surface area contributed by atoms with E-state index in [1.807, 2.05) is 13.8 Å². The smallest absolute Gasteiger partial charge is 0.306 e. The lowest BCUT2D eigenvalue weighted by Crippen LogP contribution is -2.32. The molecular formula is C14H21NO4S2. The van der Waals surface area contributed by atoms with Crippen LogP contribution in [-0.4, -0.2) is 26.0 Å². The molecule has 0 saturated heterocycles. The molecule has 21 heavy (non-hydrogen) atoms. The topological polar surface area (TPSA) is 83.5 Å². The van der Waals surface area contributed by atoms with E-state index in [4.69, 9.17) is 5.11 Å². The second kappa shape index (κ2) is 6.46. The number of aliphatic carboxylic acids is 1. The maximum atomic E-state index is 12.2. The number of carbonyl (C=O) groups is 1. The van der Waals surface area contributed by atoms with Crippen molar-refractivity contribution in [1.29, 1.82) is 0 Å². The zero-order valence-electron chi connectivity index (χ0n) is 12.3. The van der Waals surface area contributed by atoms with Crippen LogP contribution >= 0.6 is 11.3 Å². The number of aryl methyl sites for hydroxylation is 2. The molecule has 7 heteroatoms. The van der Waals surface area contributed by atoms with E-state index in [1.165, 1.54) is 11.3 Å². The van der Waals surface area contributed by atoms with E-state index < -0.39 is 16.0 Å². The highest BCUT2D eigenvalue weighted by atomic mass is 32.2. The summed E-state index contributed by atoms with van der Waals surface area (Å²) in [4.78, 5) is 11.9. The van der Waals surface area contributed by atoms with Crippen molar-refractivity contribution in [3.05, 3.63) is 16.5 Å². The third-order valence-corrected chi connectivity index (χ3v) is 7.22. The molecule has 0 atom stereocenters. The minimum absolute atomic E-state index is 0.234. The summed E-state index contributed by atoms with van der Waals surface area (Å²) in [5, 5.41) is 8.95. The number of carboxylic acids is 1. The first-order valence-corrected chi connectivity index (χ1v) is 9.39. The van der Waals surface area contributed by atoms with E-state index in [2.05, 4.69) is 4.72 Å². The average Bonchev–Trinajstić information content (AvgIpc) is 2.78. The summed E-state index contributed by atoms with van der Waals surface area (Å²) in [7, 11) is -3.44. The van der Waals surface area contributed by atoms with Gasteiger partial charge in [-0.2, -0.15) is 0 Å². The van der Waals surface area contributed by atoms with Gasteiger partial charge in [0.25, 0.3) is 0 Å². The Bertz CT molecular complexity index is 593. The number of rotatable bonds is 5. The Morgan fingerprint density at radius 1 is 1.33 bits per heavy atom. The fourth-order valence-electron chi connectivity index (χ4n) is 2.58. The Kier molecular flexibility index (Phi) is 5.06. The normalized spacial score (nSPS) is 23.1. The van der Waals surface area contributed by atoms with Gasteiger partial charge in [0.1, 0.15) is 4.21 Å². The van der Waals surface area contributed by atoms with Gasteiger partial charge in [-0.05, 0) is 57.1 Å². The van der Waals surface area contributed by atoms with Gasteiger partial charge in [-0.15, -0.1) is 11.3 Å². The molecule has 1 aromatic rings. The molecular weight excluding hydrogens is 310 g/mol. The van der Waals surface area contributed by atoms with E-state index in [0.717, 1.165) is 23.3 Å². The minimum atomic E-state index is -3.44. The fourth-order valence-corrected chi connectivity index (χ4v) is 5.26. The maximum Gasteiger partial charge on any atom is 0.306 e. The molecule has 1 fully saturated rings. The largest absolute Gasteiger partial charge is 0.481 e. The highest BCUT2D eigenvalue weighted by Crippen LogP contribution is 2.29. The molecule has 0 amide bonds. The molecule has 2 rings (SSSR count). The lowest BCUT2D eigenvalue weighted by Gasteiger charge is -2.25. The summed E-state index contributed by atoms with van der Waals surface area (Å²) >= 11 is 1.28. The number of hydrogen-bond donors (Lipinski definition) is 2. The predicted octanol–water partition coefficient (Wildman–Crippen LogP) is 2.53. The van der Waals surface area contributed by atoms with Crippen molar-refractivity contribution in [2.45, 2.75) is 43.7 Å².